The zero-order valence-electron chi connectivity index (χ0n) is 15.7. The molecule has 0 aliphatic carbocycles. The summed E-state index contributed by atoms with van der Waals surface area (Å²) in [5.74, 6) is 0.366. The van der Waals surface area contributed by atoms with E-state index in [0.29, 0.717) is 28.2 Å². The zero-order chi connectivity index (χ0) is 19.8. The molecule has 5 rings (SSSR count). The lowest BCUT2D eigenvalue weighted by atomic mass is 10.0. The molecule has 0 bridgehead atoms. The molecule has 146 valence electrons. The molecule has 3 heterocycles. The second kappa shape index (κ2) is 7.18. The standard InChI is InChI=1S/C22H20FN5O/c23-18-12-15(28-9-7-25-8-10-28)5-6-16(18)14-11-17(21(24)26-13-14)22-27-19-3-1-2-4-20(19)29-22/h1-6,11-13,25H,7-10H2,(H2,24,26). The number of hydrogen-bond acceptors (Lipinski definition) is 6. The molecule has 1 aliphatic heterocycles. The Morgan fingerprint density at radius 1 is 1.03 bits per heavy atom. The van der Waals surface area contributed by atoms with E-state index in [1.165, 1.54) is 0 Å². The molecule has 1 saturated heterocycles. The van der Waals surface area contributed by atoms with Gasteiger partial charge in [0.2, 0.25) is 5.89 Å². The van der Waals surface area contributed by atoms with E-state index in [-0.39, 0.29) is 11.6 Å². The summed E-state index contributed by atoms with van der Waals surface area (Å²) in [7, 11) is 0. The third kappa shape index (κ3) is 3.30. The monoisotopic (exact) mass is 389 g/mol. The van der Waals surface area contributed by atoms with E-state index < -0.39 is 0 Å². The number of rotatable bonds is 3. The number of fused-ring (bicyclic) bond motifs is 1. The minimum absolute atomic E-state index is 0.290. The van der Waals surface area contributed by atoms with Crippen LogP contribution in [0, 0.1) is 5.82 Å². The van der Waals surface area contributed by atoms with Crippen molar-refractivity contribution in [3.05, 3.63) is 60.5 Å². The highest BCUT2D eigenvalue weighted by molar-refractivity contribution is 5.81. The molecule has 7 heteroatoms. The van der Waals surface area contributed by atoms with Gasteiger partial charge in [0, 0.05) is 49.2 Å². The highest BCUT2D eigenvalue weighted by Crippen LogP contribution is 2.33. The molecule has 0 spiro atoms. The molecule has 2 aromatic carbocycles. The van der Waals surface area contributed by atoms with E-state index in [4.69, 9.17) is 10.2 Å². The lowest BCUT2D eigenvalue weighted by Gasteiger charge is -2.29. The summed E-state index contributed by atoms with van der Waals surface area (Å²) in [6.45, 7) is 3.53. The number of aromatic nitrogens is 2. The molecule has 6 nitrogen and oxygen atoms in total. The van der Waals surface area contributed by atoms with E-state index in [2.05, 4.69) is 20.2 Å². The van der Waals surface area contributed by atoms with Crippen molar-refractivity contribution < 1.29 is 8.81 Å². The summed E-state index contributed by atoms with van der Waals surface area (Å²) in [6.07, 6.45) is 1.57. The van der Waals surface area contributed by atoms with Gasteiger partial charge >= 0.3 is 0 Å². The van der Waals surface area contributed by atoms with Crippen molar-refractivity contribution in [2.24, 2.45) is 0 Å². The quantitative estimate of drug-likeness (QED) is 0.556. The minimum atomic E-state index is -0.295. The van der Waals surface area contributed by atoms with Crippen molar-refractivity contribution in [3.63, 3.8) is 0 Å². The van der Waals surface area contributed by atoms with Crippen molar-refractivity contribution in [3.8, 4) is 22.6 Å². The Morgan fingerprint density at radius 2 is 1.86 bits per heavy atom. The first-order valence-electron chi connectivity index (χ1n) is 9.56. The highest BCUT2D eigenvalue weighted by Gasteiger charge is 2.17. The maximum absolute atomic E-state index is 15.0. The normalized spacial score (nSPS) is 14.4. The fraction of sp³-hybridized carbons (Fsp3) is 0.182. The summed E-state index contributed by atoms with van der Waals surface area (Å²) in [6, 6.07) is 14.6. The van der Waals surface area contributed by atoms with Crippen LogP contribution in [-0.4, -0.2) is 36.1 Å². The number of oxazole rings is 1. The predicted octanol–water partition coefficient (Wildman–Crippen LogP) is 3.69. The molecular weight excluding hydrogens is 369 g/mol. The molecule has 0 saturated carbocycles. The van der Waals surface area contributed by atoms with Gasteiger partial charge in [-0.15, -0.1) is 0 Å². The number of halogens is 1. The van der Waals surface area contributed by atoms with E-state index in [1.54, 1.807) is 24.4 Å². The second-order valence-electron chi connectivity index (χ2n) is 7.04. The molecule has 0 unspecified atom stereocenters. The Bertz CT molecular complexity index is 1150. The molecule has 0 amide bonds. The average Bonchev–Trinajstić information content (AvgIpc) is 3.19. The molecular formula is C22H20FN5O. The van der Waals surface area contributed by atoms with Gasteiger partial charge in [-0.05, 0) is 36.4 Å². The van der Waals surface area contributed by atoms with Crippen LogP contribution in [0.4, 0.5) is 15.9 Å². The van der Waals surface area contributed by atoms with Gasteiger partial charge in [-0.3, -0.25) is 0 Å². The number of hydrogen-bond donors (Lipinski definition) is 2. The smallest absolute Gasteiger partial charge is 0.231 e. The first-order chi connectivity index (χ1) is 14.2. The molecule has 3 N–H and O–H groups in total. The Kier molecular flexibility index (Phi) is 4.37. The fourth-order valence-electron chi connectivity index (χ4n) is 3.64. The van der Waals surface area contributed by atoms with Crippen molar-refractivity contribution in [2.75, 3.05) is 36.8 Å². The number of nitrogens with one attached hydrogen (secondary N) is 1. The molecule has 1 fully saturated rings. The Hall–Kier alpha value is -3.45. The number of nitrogen functional groups attached to an aromatic ring is 1. The summed E-state index contributed by atoms with van der Waals surface area (Å²) in [5, 5.41) is 3.30. The number of nitrogens with zero attached hydrogens (tertiary/aromatic N) is 3. The Morgan fingerprint density at radius 3 is 2.66 bits per heavy atom. The van der Waals surface area contributed by atoms with Crippen LogP contribution in [0.1, 0.15) is 0 Å². The Labute approximate surface area is 167 Å². The average molecular weight is 389 g/mol. The number of benzene rings is 2. The van der Waals surface area contributed by atoms with Crippen molar-refractivity contribution in [1.29, 1.82) is 0 Å². The van der Waals surface area contributed by atoms with Crippen LogP contribution in [0.15, 0.2) is 59.1 Å². The Balaban J connectivity index is 1.52. The number of anilines is 2. The number of para-hydroxylation sites is 2. The summed E-state index contributed by atoms with van der Waals surface area (Å²) >= 11 is 0. The number of nitrogens with two attached hydrogens (primary N) is 1. The molecule has 1 aliphatic rings. The highest BCUT2D eigenvalue weighted by atomic mass is 19.1. The van der Waals surface area contributed by atoms with E-state index in [0.717, 1.165) is 37.4 Å². The largest absolute Gasteiger partial charge is 0.436 e. The molecule has 29 heavy (non-hydrogen) atoms. The van der Waals surface area contributed by atoms with Crippen LogP contribution in [0.3, 0.4) is 0 Å². The van der Waals surface area contributed by atoms with E-state index >= 15 is 0 Å². The van der Waals surface area contributed by atoms with Gasteiger partial charge in [0.05, 0.1) is 5.56 Å². The van der Waals surface area contributed by atoms with Gasteiger partial charge in [-0.2, -0.15) is 0 Å². The third-order valence-corrected chi connectivity index (χ3v) is 5.19. The molecule has 2 aromatic heterocycles. The van der Waals surface area contributed by atoms with E-state index in [9.17, 15) is 4.39 Å². The van der Waals surface area contributed by atoms with Crippen LogP contribution in [-0.2, 0) is 0 Å². The lowest BCUT2D eigenvalue weighted by Crippen LogP contribution is -2.43. The molecule has 4 aromatic rings. The van der Waals surface area contributed by atoms with E-state index in [1.807, 2.05) is 30.3 Å². The molecule has 0 atom stereocenters. The van der Waals surface area contributed by atoms with Gasteiger partial charge in [0.1, 0.15) is 17.2 Å². The van der Waals surface area contributed by atoms with Crippen molar-refractivity contribution in [2.45, 2.75) is 0 Å². The maximum atomic E-state index is 15.0. The van der Waals surface area contributed by atoms with Crippen molar-refractivity contribution >= 4 is 22.6 Å². The first kappa shape index (κ1) is 17.6. The van der Waals surface area contributed by atoms with Gasteiger partial charge in [0.15, 0.2) is 5.58 Å². The number of piperazine rings is 1. The van der Waals surface area contributed by atoms with Gasteiger partial charge in [0.25, 0.3) is 0 Å². The molecule has 0 radical (unpaired) electrons. The number of pyridine rings is 1. The second-order valence-corrected chi connectivity index (χ2v) is 7.04. The van der Waals surface area contributed by atoms with Crippen LogP contribution >= 0.6 is 0 Å². The van der Waals surface area contributed by atoms with Gasteiger partial charge in [-0.25, -0.2) is 14.4 Å². The van der Waals surface area contributed by atoms with Gasteiger partial charge in [-0.1, -0.05) is 12.1 Å². The van der Waals surface area contributed by atoms with Gasteiger partial charge < -0.3 is 20.4 Å². The van der Waals surface area contributed by atoms with Crippen LogP contribution < -0.4 is 16.0 Å². The lowest BCUT2D eigenvalue weighted by molar-refractivity contribution is 0.585. The summed E-state index contributed by atoms with van der Waals surface area (Å²) < 4.78 is 20.8. The van der Waals surface area contributed by atoms with Crippen LogP contribution in [0.5, 0.6) is 0 Å². The SMILES string of the molecule is Nc1ncc(-c2ccc(N3CCNCC3)cc2F)cc1-c1nc2ccccc2o1. The van der Waals surface area contributed by atoms with Crippen molar-refractivity contribution in [1.82, 2.24) is 15.3 Å². The zero-order valence-corrected chi connectivity index (χ0v) is 15.7. The maximum Gasteiger partial charge on any atom is 0.231 e. The first-order valence-corrected chi connectivity index (χ1v) is 9.56. The fourth-order valence-corrected chi connectivity index (χ4v) is 3.64. The van der Waals surface area contributed by atoms with Crippen LogP contribution in [0.2, 0.25) is 0 Å². The predicted molar refractivity (Wildman–Crippen MR) is 112 cm³/mol. The topological polar surface area (TPSA) is 80.2 Å². The summed E-state index contributed by atoms with van der Waals surface area (Å²) in [5.41, 5.74) is 9.99. The summed E-state index contributed by atoms with van der Waals surface area (Å²) in [4.78, 5) is 10.9. The van der Waals surface area contributed by atoms with Crippen LogP contribution in [0.25, 0.3) is 33.7 Å². The third-order valence-electron chi connectivity index (χ3n) is 5.19. The minimum Gasteiger partial charge on any atom is -0.436 e.